The summed E-state index contributed by atoms with van der Waals surface area (Å²) in [4.78, 5) is 23.3. The van der Waals surface area contributed by atoms with Crippen LogP contribution in [0.25, 0.3) is 0 Å². The molecule has 8 nitrogen and oxygen atoms in total. The maximum absolute atomic E-state index is 13.0. The number of aliphatic hydroxyl groups is 1. The average molecular weight is 957 g/mol. The summed E-state index contributed by atoms with van der Waals surface area (Å²) in [6, 6.07) is -0.758. The molecule has 3 atom stereocenters. The second kappa shape index (κ2) is 49.2. The SMILES string of the molecule is CCCCCCCCCC/C=C\CCCCCCCCCCCCCCCC(=O)NC(COP(=O)(O)OCC[N+](C)(C)C)C(O)CCCCCCCCCCCCCCCCCCCCC. The third kappa shape index (κ3) is 51.1. The molecule has 0 saturated heterocycles. The molecule has 0 bridgehead atoms. The van der Waals surface area contributed by atoms with Gasteiger partial charge in [0.25, 0.3) is 0 Å². The molecule has 0 heterocycles. The van der Waals surface area contributed by atoms with Gasteiger partial charge in [-0.05, 0) is 38.5 Å². The lowest BCUT2D eigenvalue weighted by molar-refractivity contribution is -0.870. The number of nitrogens with zero attached hydrogens (tertiary/aromatic N) is 1. The normalized spacial score (nSPS) is 14.0. The van der Waals surface area contributed by atoms with Gasteiger partial charge >= 0.3 is 7.82 Å². The fourth-order valence-electron chi connectivity index (χ4n) is 8.93. The number of allylic oxidation sites excluding steroid dienone is 2. The molecule has 66 heavy (non-hydrogen) atoms. The van der Waals surface area contributed by atoms with E-state index < -0.39 is 20.0 Å². The van der Waals surface area contributed by atoms with Crippen LogP contribution in [0.4, 0.5) is 0 Å². The highest BCUT2D eigenvalue weighted by Gasteiger charge is 2.28. The monoisotopic (exact) mass is 956 g/mol. The van der Waals surface area contributed by atoms with Crippen LogP contribution in [-0.2, 0) is 18.4 Å². The standard InChI is InChI=1S/C57H115N2O6P/c1-6-8-10-12-14-16-18-20-22-24-26-27-28-29-30-31-33-35-37-39-41-43-45-47-49-51-57(61)58-55(54-65-66(62,63)64-53-52-59(3,4)5)56(60)50-48-46-44-42-40-38-36-34-32-25-23-21-19-17-15-13-11-9-7-2/h24,26,55-56,60H,6-23,25,27-54H2,1-5H3,(H-,58,61,62,63)/p+1/b26-24-. The van der Waals surface area contributed by atoms with Crippen molar-refractivity contribution in [3.63, 3.8) is 0 Å². The minimum Gasteiger partial charge on any atom is -0.391 e. The second-order valence-corrected chi connectivity index (χ2v) is 22.8. The molecule has 0 fully saturated rings. The van der Waals surface area contributed by atoms with E-state index in [4.69, 9.17) is 9.05 Å². The molecule has 0 aliphatic heterocycles. The van der Waals surface area contributed by atoms with Gasteiger partial charge in [0.05, 0.1) is 39.9 Å². The molecule has 0 saturated carbocycles. The number of hydrogen-bond acceptors (Lipinski definition) is 5. The summed E-state index contributed by atoms with van der Waals surface area (Å²) in [5.74, 6) is -0.139. The van der Waals surface area contributed by atoms with Crippen molar-refractivity contribution in [2.75, 3.05) is 40.9 Å². The summed E-state index contributed by atoms with van der Waals surface area (Å²) < 4.78 is 23.8. The van der Waals surface area contributed by atoms with E-state index in [-0.39, 0.29) is 19.1 Å². The fourth-order valence-corrected chi connectivity index (χ4v) is 9.66. The van der Waals surface area contributed by atoms with Crippen molar-refractivity contribution in [1.29, 1.82) is 0 Å². The highest BCUT2D eigenvalue weighted by molar-refractivity contribution is 7.47. The summed E-state index contributed by atoms with van der Waals surface area (Å²) in [5, 5.41) is 14.1. The highest BCUT2D eigenvalue weighted by atomic mass is 31.2. The molecular weight excluding hydrogens is 840 g/mol. The second-order valence-electron chi connectivity index (χ2n) is 21.4. The van der Waals surface area contributed by atoms with Crippen LogP contribution < -0.4 is 5.32 Å². The molecule has 0 aromatic carbocycles. The number of quaternary nitrogens is 1. The first-order valence-corrected chi connectivity index (χ1v) is 30.5. The van der Waals surface area contributed by atoms with Gasteiger partial charge in [0.15, 0.2) is 0 Å². The summed E-state index contributed by atoms with van der Waals surface area (Å²) >= 11 is 0. The van der Waals surface area contributed by atoms with Gasteiger partial charge in [0.1, 0.15) is 13.2 Å². The zero-order valence-electron chi connectivity index (χ0n) is 45.0. The molecule has 3 unspecified atom stereocenters. The number of unbranched alkanes of at least 4 members (excludes halogenated alkanes) is 39. The maximum Gasteiger partial charge on any atom is 0.472 e. The summed E-state index contributed by atoms with van der Waals surface area (Å²) in [6.45, 7) is 4.93. The minimum absolute atomic E-state index is 0.0775. The van der Waals surface area contributed by atoms with E-state index >= 15 is 0 Å². The number of likely N-dealkylation sites (N-methyl/N-ethyl adjacent to an activating group) is 1. The van der Waals surface area contributed by atoms with Crippen LogP contribution in [0, 0.1) is 0 Å². The molecule has 0 spiro atoms. The zero-order chi connectivity index (χ0) is 48.5. The third-order valence-electron chi connectivity index (χ3n) is 13.5. The van der Waals surface area contributed by atoms with E-state index in [9.17, 15) is 19.4 Å². The fraction of sp³-hybridized carbons (Fsp3) is 0.947. The van der Waals surface area contributed by atoms with E-state index in [2.05, 4.69) is 31.3 Å². The van der Waals surface area contributed by atoms with Crippen molar-refractivity contribution in [3.8, 4) is 0 Å². The minimum atomic E-state index is -4.32. The Bertz CT molecular complexity index is 1080. The van der Waals surface area contributed by atoms with Crippen molar-refractivity contribution >= 4 is 13.7 Å². The summed E-state index contributed by atoms with van der Waals surface area (Å²) in [6.07, 6.45) is 59.8. The van der Waals surface area contributed by atoms with E-state index in [0.29, 0.717) is 23.9 Å². The third-order valence-corrected chi connectivity index (χ3v) is 14.5. The van der Waals surface area contributed by atoms with E-state index in [1.165, 1.54) is 231 Å². The van der Waals surface area contributed by atoms with Crippen molar-refractivity contribution in [2.24, 2.45) is 0 Å². The van der Waals surface area contributed by atoms with Gasteiger partial charge in [-0.2, -0.15) is 0 Å². The average Bonchev–Trinajstić information content (AvgIpc) is 3.28. The Hall–Kier alpha value is -0.760. The molecule has 0 aliphatic carbocycles. The van der Waals surface area contributed by atoms with Crippen molar-refractivity contribution in [1.82, 2.24) is 5.32 Å². The van der Waals surface area contributed by atoms with Gasteiger partial charge in [-0.15, -0.1) is 0 Å². The van der Waals surface area contributed by atoms with Crippen molar-refractivity contribution in [3.05, 3.63) is 12.2 Å². The lowest BCUT2D eigenvalue weighted by Crippen LogP contribution is -2.46. The number of carbonyl (C=O) groups excluding carboxylic acids is 1. The van der Waals surface area contributed by atoms with Crippen LogP contribution in [0.2, 0.25) is 0 Å². The van der Waals surface area contributed by atoms with Crippen LogP contribution >= 0.6 is 7.82 Å². The molecule has 9 heteroatoms. The number of phosphoric ester groups is 1. The van der Waals surface area contributed by atoms with Gasteiger partial charge < -0.3 is 19.8 Å². The molecule has 0 rings (SSSR count). The van der Waals surface area contributed by atoms with Gasteiger partial charge in [0, 0.05) is 6.42 Å². The zero-order valence-corrected chi connectivity index (χ0v) is 45.9. The van der Waals surface area contributed by atoms with Gasteiger partial charge in [-0.25, -0.2) is 4.57 Å². The lowest BCUT2D eigenvalue weighted by Gasteiger charge is -2.26. The predicted molar refractivity (Wildman–Crippen MR) is 286 cm³/mol. The van der Waals surface area contributed by atoms with Crippen LogP contribution in [0.15, 0.2) is 12.2 Å². The first-order chi connectivity index (χ1) is 32.0. The summed E-state index contributed by atoms with van der Waals surface area (Å²) in [5.41, 5.74) is 0. The topological polar surface area (TPSA) is 105 Å². The molecule has 0 radical (unpaired) electrons. The molecule has 0 aromatic rings. The number of carbonyl (C=O) groups is 1. The Morgan fingerprint density at radius 1 is 0.500 bits per heavy atom. The Labute approximate surface area is 412 Å². The summed E-state index contributed by atoms with van der Waals surface area (Å²) in [7, 11) is 1.63. The number of rotatable bonds is 54. The van der Waals surface area contributed by atoms with Crippen LogP contribution in [-0.4, -0.2) is 73.4 Å². The first-order valence-electron chi connectivity index (χ1n) is 29.1. The van der Waals surface area contributed by atoms with Crippen molar-refractivity contribution in [2.45, 2.75) is 309 Å². The smallest absolute Gasteiger partial charge is 0.391 e. The largest absolute Gasteiger partial charge is 0.472 e. The van der Waals surface area contributed by atoms with Crippen LogP contribution in [0.3, 0.4) is 0 Å². The number of nitrogens with one attached hydrogen (secondary N) is 1. The molecule has 0 aliphatic rings. The van der Waals surface area contributed by atoms with E-state index in [1.807, 2.05) is 21.1 Å². The molecular formula is C57H116N2O6P+. The molecule has 394 valence electrons. The first kappa shape index (κ1) is 65.2. The Morgan fingerprint density at radius 3 is 1.17 bits per heavy atom. The Balaban J connectivity index is 4.13. The Kier molecular flexibility index (Phi) is 48.7. The van der Waals surface area contributed by atoms with E-state index in [1.54, 1.807) is 0 Å². The number of phosphoric acid groups is 1. The van der Waals surface area contributed by atoms with Gasteiger partial charge in [0.2, 0.25) is 5.91 Å². The number of amides is 1. The number of hydrogen-bond donors (Lipinski definition) is 3. The van der Waals surface area contributed by atoms with Crippen LogP contribution in [0.1, 0.15) is 296 Å². The van der Waals surface area contributed by atoms with Gasteiger partial charge in [-0.1, -0.05) is 264 Å². The quantitative estimate of drug-likeness (QED) is 0.0243. The van der Waals surface area contributed by atoms with Crippen LogP contribution in [0.5, 0.6) is 0 Å². The van der Waals surface area contributed by atoms with E-state index in [0.717, 1.165) is 38.5 Å². The Morgan fingerprint density at radius 2 is 0.818 bits per heavy atom. The predicted octanol–water partition coefficient (Wildman–Crippen LogP) is 17.4. The van der Waals surface area contributed by atoms with Crippen molar-refractivity contribution < 1.29 is 32.9 Å². The van der Waals surface area contributed by atoms with Gasteiger partial charge in [-0.3, -0.25) is 13.8 Å². The molecule has 3 N–H and O–H groups in total. The highest BCUT2D eigenvalue weighted by Crippen LogP contribution is 2.43. The molecule has 1 amide bonds. The lowest BCUT2D eigenvalue weighted by atomic mass is 10.0. The maximum atomic E-state index is 13.0. The number of aliphatic hydroxyl groups excluding tert-OH is 1. The molecule has 0 aromatic heterocycles.